The van der Waals surface area contributed by atoms with E-state index in [-0.39, 0.29) is 12.1 Å². The Hall–Kier alpha value is -0.570. The fraction of sp³-hybridized carbons (Fsp3) is 0.900. The summed E-state index contributed by atoms with van der Waals surface area (Å²) >= 11 is 0. The zero-order valence-corrected chi connectivity index (χ0v) is 8.71. The predicted octanol–water partition coefficient (Wildman–Crippen LogP) is 1.60. The monoisotopic (exact) mass is 185 g/mol. The molecule has 1 aliphatic rings. The molecule has 0 radical (unpaired) electrons. The number of aliphatic hydroxyl groups excluding tert-OH is 1. The normalized spacial score (nSPS) is 22.3. The van der Waals surface area contributed by atoms with Crippen LogP contribution < -0.4 is 0 Å². The summed E-state index contributed by atoms with van der Waals surface area (Å²) in [5.41, 5.74) is -0.0528. The van der Waals surface area contributed by atoms with Crippen molar-refractivity contribution in [1.82, 2.24) is 0 Å². The van der Waals surface area contributed by atoms with Crippen LogP contribution in [0, 0.1) is 5.92 Å². The van der Waals surface area contributed by atoms with Gasteiger partial charge in [-0.05, 0) is 26.7 Å². The number of aliphatic imine (C=N–C) groups is 1. The SMILES string of the molecule is C[C@@H](CCCO)C1=NC(C)(C)CO1. The molecule has 1 rings (SSSR count). The molecule has 0 aromatic carbocycles. The highest BCUT2D eigenvalue weighted by Crippen LogP contribution is 2.22. The van der Waals surface area contributed by atoms with Gasteiger partial charge >= 0.3 is 0 Å². The van der Waals surface area contributed by atoms with Gasteiger partial charge in [0.05, 0.1) is 5.54 Å². The van der Waals surface area contributed by atoms with Gasteiger partial charge in [0.25, 0.3) is 0 Å². The van der Waals surface area contributed by atoms with E-state index in [0.717, 1.165) is 18.7 Å². The van der Waals surface area contributed by atoms with Gasteiger partial charge in [-0.3, -0.25) is 0 Å². The summed E-state index contributed by atoms with van der Waals surface area (Å²) in [5, 5.41) is 8.68. The largest absolute Gasteiger partial charge is 0.478 e. The second-order valence-electron chi connectivity index (χ2n) is 4.32. The van der Waals surface area contributed by atoms with Gasteiger partial charge in [-0.1, -0.05) is 6.92 Å². The maximum atomic E-state index is 8.68. The van der Waals surface area contributed by atoms with Crippen molar-refractivity contribution in [1.29, 1.82) is 0 Å². The van der Waals surface area contributed by atoms with E-state index in [2.05, 4.69) is 25.8 Å². The molecule has 0 aliphatic carbocycles. The summed E-state index contributed by atoms with van der Waals surface area (Å²) in [7, 11) is 0. The Labute approximate surface area is 79.8 Å². The van der Waals surface area contributed by atoms with Crippen LogP contribution in [0.2, 0.25) is 0 Å². The Morgan fingerprint density at radius 2 is 2.31 bits per heavy atom. The number of hydrogen-bond acceptors (Lipinski definition) is 3. The van der Waals surface area contributed by atoms with Crippen molar-refractivity contribution >= 4 is 5.90 Å². The van der Waals surface area contributed by atoms with Crippen molar-refractivity contribution < 1.29 is 9.84 Å². The molecular formula is C10H19NO2. The van der Waals surface area contributed by atoms with Crippen molar-refractivity contribution in [3.8, 4) is 0 Å². The minimum Gasteiger partial charge on any atom is -0.478 e. The summed E-state index contributed by atoms with van der Waals surface area (Å²) in [6.07, 6.45) is 1.77. The van der Waals surface area contributed by atoms with Crippen molar-refractivity contribution in [3.05, 3.63) is 0 Å². The second kappa shape index (κ2) is 4.09. The third kappa shape index (κ3) is 2.99. The van der Waals surface area contributed by atoms with E-state index in [9.17, 15) is 0 Å². The molecule has 0 bridgehead atoms. The highest BCUT2D eigenvalue weighted by Gasteiger charge is 2.28. The molecule has 1 atom stereocenters. The highest BCUT2D eigenvalue weighted by molar-refractivity contribution is 5.80. The predicted molar refractivity (Wildman–Crippen MR) is 52.9 cm³/mol. The van der Waals surface area contributed by atoms with E-state index in [4.69, 9.17) is 9.84 Å². The first-order valence-corrected chi connectivity index (χ1v) is 4.88. The maximum absolute atomic E-state index is 8.68. The maximum Gasteiger partial charge on any atom is 0.186 e. The van der Waals surface area contributed by atoms with Gasteiger partial charge in [-0.2, -0.15) is 0 Å². The molecule has 0 unspecified atom stereocenters. The number of hydrogen-bond donors (Lipinski definition) is 1. The number of ether oxygens (including phenoxy) is 1. The van der Waals surface area contributed by atoms with Crippen molar-refractivity contribution in [2.24, 2.45) is 10.9 Å². The van der Waals surface area contributed by atoms with Gasteiger partial charge in [0.1, 0.15) is 6.61 Å². The topological polar surface area (TPSA) is 41.8 Å². The highest BCUT2D eigenvalue weighted by atomic mass is 16.5. The van der Waals surface area contributed by atoms with Crippen molar-refractivity contribution in [2.45, 2.75) is 39.2 Å². The molecular weight excluding hydrogens is 166 g/mol. The molecule has 1 heterocycles. The Kier molecular flexibility index (Phi) is 3.31. The standard InChI is InChI=1S/C10H19NO2/c1-8(5-4-6-12)9-11-10(2,3)7-13-9/h8,12H,4-7H2,1-3H3/t8-/m0/s1. The zero-order chi connectivity index (χ0) is 9.90. The third-order valence-corrected chi connectivity index (χ3v) is 2.20. The fourth-order valence-corrected chi connectivity index (χ4v) is 1.39. The fourth-order valence-electron chi connectivity index (χ4n) is 1.39. The Bertz CT molecular complexity index is 199. The minimum atomic E-state index is -0.0528. The molecule has 0 saturated carbocycles. The van der Waals surface area contributed by atoms with Crippen LogP contribution >= 0.6 is 0 Å². The van der Waals surface area contributed by atoms with Crippen LogP contribution in [0.3, 0.4) is 0 Å². The summed E-state index contributed by atoms with van der Waals surface area (Å²) in [6, 6.07) is 0. The van der Waals surface area contributed by atoms with Gasteiger partial charge in [0, 0.05) is 12.5 Å². The number of rotatable bonds is 4. The lowest BCUT2D eigenvalue weighted by Gasteiger charge is -2.09. The summed E-state index contributed by atoms with van der Waals surface area (Å²) in [4.78, 5) is 4.49. The summed E-state index contributed by atoms with van der Waals surface area (Å²) in [6.45, 7) is 7.17. The van der Waals surface area contributed by atoms with Gasteiger partial charge < -0.3 is 9.84 Å². The lowest BCUT2D eigenvalue weighted by Crippen LogP contribution is -2.17. The molecule has 1 N–H and O–H groups in total. The van der Waals surface area contributed by atoms with Gasteiger partial charge in [0.2, 0.25) is 0 Å². The van der Waals surface area contributed by atoms with Gasteiger partial charge in [-0.25, -0.2) is 4.99 Å². The molecule has 76 valence electrons. The lowest BCUT2D eigenvalue weighted by molar-refractivity contribution is 0.255. The minimum absolute atomic E-state index is 0.0528. The molecule has 0 amide bonds. The molecule has 3 heteroatoms. The summed E-state index contributed by atoms with van der Waals surface area (Å²) in [5.74, 6) is 1.20. The molecule has 0 aromatic heterocycles. The average Bonchev–Trinajstić information content (AvgIpc) is 2.42. The Morgan fingerprint density at radius 3 is 2.77 bits per heavy atom. The molecule has 0 aromatic rings. The molecule has 0 saturated heterocycles. The molecule has 13 heavy (non-hydrogen) atoms. The Morgan fingerprint density at radius 1 is 1.62 bits per heavy atom. The van der Waals surface area contributed by atoms with E-state index >= 15 is 0 Å². The van der Waals surface area contributed by atoms with Gasteiger partial charge in [0.15, 0.2) is 5.90 Å². The van der Waals surface area contributed by atoms with E-state index in [1.165, 1.54) is 0 Å². The van der Waals surface area contributed by atoms with E-state index < -0.39 is 0 Å². The first-order chi connectivity index (χ1) is 6.05. The summed E-state index contributed by atoms with van der Waals surface area (Å²) < 4.78 is 5.50. The molecule has 0 spiro atoms. The quantitative estimate of drug-likeness (QED) is 0.723. The molecule has 1 aliphatic heterocycles. The van der Waals surface area contributed by atoms with Crippen LogP contribution in [0.5, 0.6) is 0 Å². The number of aliphatic hydroxyl groups is 1. The van der Waals surface area contributed by atoms with Crippen LogP contribution in [-0.4, -0.2) is 29.8 Å². The Balaban J connectivity index is 2.44. The van der Waals surface area contributed by atoms with E-state index in [0.29, 0.717) is 12.5 Å². The average molecular weight is 185 g/mol. The first kappa shape index (κ1) is 10.5. The van der Waals surface area contributed by atoms with Crippen LogP contribution in [-0.2, 0) is 4.74 Å². The second-order valence-corrected chi connectivity index (χ2v) is 4.32. The van der Waals surface area contributed by atoms with Crippen LogP contribution in [0.1, 0.15) is 33.6 Å². The number of nitrogens with zero attached hydrogens (tertiary/aromatic N) is 1. The van der Waals surface area contributed by atoms with Crippen LogP contribution in [0.15, 0.2) is 4.99 Å². The van der Waals surface area contributed by atoms with E-state index in [1.54, 1.807) is 0 Å². The van der Waals surface area contributed by atoms with Crippen LogP contribution in [0.25, 0.3) is 0 Å². The first-order valence-electron chi connectivity index (χ1n) is 4.88. The zero-order valence-electron chi connectivity index (χ0n) is 8.71. The molecule has 0 fully saturated rings. The van der Waals surface area contributed by atoms with E-state index in [1.807, 2.05) is 0 Å². The van der Waals surface area contributed by atoms with Crippen molar-refractivity contribution in [3.63, 3.8) is 0 Å². The molecule has 3 nitrogen and oxygen atoms in total. The smallest absolute Gasteiger partial charge is 0.186 e. The van der Waals surface area contributed by atoms with Gasteiger partial charge in [-0.15, -0.1) is 0 Å². The van der Waals surface area contributed by atoms with Crippen molar-refractivity contribution in [2.75, 3.05) is 13.2 Å². The van der Waals surface area contributed by atoms with Crippen LogP contribution in [0.4, 0.5) is 0 Å². The third-order valence-electron chi connectivity index (χ3n) is 2.20. The lowest BCUT2D eigenvalue weighted by atomic mass is 10.1.